The molecule has 0 aliphatic carbocycles. The summed E-state index contributed by atoms with van der Waals surface area (Å²) in [6.07, 6.45) is 57.9. The highest BCUT2D eigenvalue weighted by atomic mass is 16.8. The molecule has 3 aliphatic heterocycles. The maximum absolute atomic E-state index is 13.5. The lowest BCUT2D eigenvalue weighted by Crippen LogP contribution is -2.66. The van der Waals surface area contributed by atoms with Crippen molar-refractivity contribution in [1.29, 1.82) is 0 Å². The summed E-state index contributed by atoms with van der Waals surface area (Å²) in [7, 11) is 0. The van der Waals surface area contributed by atoms with Crippen LogP contribution in [0.1, 0.15) is 341 Å². The van der Waals surface area contributed by atoms with Gasteiger partial charge in [-0.2, -0.15) is 0 Å². The third-order valence-corrected chi connectivity index (χ3v) is 21.0. The summed E-state index contributed by atoms with van der Waals surface area (Å²) in [4.78, 5) is 13.5. The Balaban J connectivity index is 1.37. The molecule has 12 N–H and O–H groups in total. The first kappa shape index (κ1) is 95.7. The zero-order chi connectivity index (χ0) is 75.3. The van der Waals surface area contributed by atoms with E-state index in [-0.39, 0.29) is 18.9 Å². The molecule has 608 valence electrons. The molecule has 0 bridgehead atoms. The largest absolute Gasteiger partial charge is 0.394 e. The molecule has 19 nitrogen and oxygen atoms in total. The molecule has 17 unspecified atom stereocenters. The Bertz CT molecular complexity index is 2110. The number of unbranched alkanes of at least 4 members (excludes halogenated alkanes) is 44. The van der Waals surface area contributed by atoms with Gasteiger partial charge in [-0.15, -0.1) is 0 Å². The lowest BCUT2D eigenvalue weighted by atomic mass is 9.96. The fourth-order valence-electron chi connectivity index (χ4n) is 14.2. The van der Waals surface area contributed by atoms with Gasteiger partial charge in [0.25, 0.3) is 0 Å². The van der Waals surface area contributed by atoms with Crippen LogP contribution in [0.2, 0.25) is 0 Å². The van der Waals surface area contributed by atoms with Crippen LogP contribution in [0.5, 0.6) is 0 Å². The van der Waals surface area contributed by atoms with E-state index in [1.807, 2.05) is 6.08 Å². The maximum atomic E-state index is 13.5. The number of hydrogen-bond donors (Lipinski definition) is 12. The summed E-state index contributed by atoms with van der Waals surface area (Å²) in [6, 6.07) is -1.000. The summed E-state index contributed by atoms with van der Waals surface area (Å²) >= 11 is 0. The van der Waals surface area contributed by atoms with Crippen LogP contribution < -0.4 is 5.32 Å². The minimum Gasteiger partial charge on any atom is -0.394 e. The number of allylic oxidation sites excluding steroid dienone is 9. The number of carbonyl (C=O) groups is 1. The SMILES string of the molecule is CCCCCCC/C=C\C/C=C\CCCCCCCCCCCCCCCCCCCC(=O)NC(COC1OC(CO)C(OC2OC(CO)C(OC3OC(CO)C(O)C(O)C3O)C(O)C2O)C(O)C1O)C(O)/C=C/CC/C=C/CC/C=C/CCCCCCCCCCCCCCCCCCCCCC. The van der Waals surface area contributed by atoms with E-state index < -0.39 is 124 Å². The van der Waals surface area contributed by atoms with Gasteiger partial charge in [0.05, 0.1) is 38.6 Å². The molecule has 104 heavy (non-hydrogen) atoms. The van der Waals surface area contributed by atoms with Gasteiger partial charge in [0, 0.05) is 6.42 Å². The minimum atomic E-state index is -1.98. The molecule has 3 fully saturated rings. The Kier molecular flexibility index (Phi) is 60.0. The van der Waals surface area contributed by atoms with Crippen molar-refractivity contribution in [2.24, 2.45) is 0 Å². The molecule has 3 rings (SSSR count). The van der Waals surface area contributed by atoms with Crippen molar-refractivity contribution >= 4 is 5.91 Å². The van der Waals surface area contributed by atoms with Gasteiger partial charge in [-0.25, -0.2) is 0 Å². The summed E-state index contributed by atoms with van der Waals surface area (Å²) in [5, 5.41) is 121. The van der Waals surface area contributed by atoms with Crippen molar-refractivity contribution in [2.45, 2.75) is 446 Å². The second kappa shape index (κ2) is 65.2. The van der Waals surface area contributed by atoms with Crippen LogP contribution >= 0.6 is 0 Å². The van der Waals surface area contributed by atoms with Gasteiger partial charge in [-0.3, -0.25) is 4.79 Å². The van der Waals surface area contributed by atoms with Crippen molar-refractivity contribution in [3.63, 3.8) is 0 Å². The van der Waals surface area contributed by atoms with Crippen molar-refractivity contribution in [2.75, 3.05) is 26.4 Å². The molecule has 0 spiro atoms. The van der Waals surface area contributed by atoms with Gasteiger partial charge >= 0.3 is 0 Å². The molecule has 0 radical (unpaired) electrons. The normalized spacial score (nSPS) is 26.2. The number of ether oxygens (including phenoxy) is 6. The van der Waals surface area contributed by atoms with Crippen LogP contribution in [-0.4, -0.2) is 193 Å². The Hall–Kier alpha value is -2.51. The zero-order valence-electron chi connectivity index (χ0n) is 65.3. The van der Waals surface area contributed by atoms with Gasteiger partial charge in [0.1, 0.15) is 73.2 Å². The zero-order valence-corrected chi connectivity index (χ0v) is 65.3. The van der Waals surface area contributed by atoms with Crippen molar-refractivity contribution in [3.05, 3.63) is 60.8 Å². The molecule has 19 heteroatoms. The van der Waals surface area contributed by atoms with Gasteiger partial charge < -0.3 is 89.9 Å². The topological polar surface area (TPSA) is 307 Å². The van der Waals surface area contributed by atoms with E-state index in [0.717, 1.165) is 51.4 Å². The molecule has 0 aromatic carbocycles. The number of carbonyl (C=O) groups excluding carboxylic acids is 1. The molecule has 0 saturated carbocycles. The fraction of sp³-hybridized carbons (Fsp3) is 0.871. The van der Waals surface area contributed by atoms with Crippen LogP contribution in [0.3, 0.4) is 0 Å². The minimum absolute atomic E-state index is 0.232. The third-order valence-electron chi connectivity index (χ3n) is 21.0. The number of nitrogens with one attached hydrogen (secondary N) is 1. The van der Waals surface area contributed by atoms with Gasteiger partial charge in [-0.1, -0.05) is 319 Å². The molecular weight excluding hydrogens is 1320 g/mol. The van der Waals surface area contributed by atoms with E-state index in [0.29, 0.717) is 12.8 Å². The van der Waals surface area contributed by atoms with E-state index >= 15 is 0 Å². The summed E-state index contributed by atoms with van der Waals surface area (Å²) < 4.78 is 34.5. The number of amides is 1. The Morgan fingerprint density at radius 2 is 0.644 bits per heavy atom. The Morgan fingerprint density at radius 1 is 0.346 bits per heavy atom. The maximum Gasteiger partial charge on any atom is 0.220 e. The smallest absolute Gasteiger partial charge is 0.220 e. The average Bonchev–Trinajstić information content (AvgIpc) is 0.781. The number of aliphatic hydroxyl groups is 11. The first-order valence-electron chi connectivity index (χ1n) is 42.5. The highest BCUT2D eigenvalue weighted by Gasteiger charge is 2.54. The van der Waals surface area contributed by atoms with E-state index in [9.17, 15) is 61.0 Å². The summed E-state index contributed by atoms with van der Waals surface area (Å²) in [6.45, 7) is 1.75. The average molecular weight is 1480 g/mol. The lowest BCUT2D eigenvalue weighted by molar-refractivity contribution is -0.379. The van der Waals surface area contributed by atoms with E-state index in [1.165, 1.54) is 257 Å². The predicted molar refractivity (Wildman–Crippen MR) is 415 cm³/mol. The third kappa shape index (κ3) is 44.4. The van der Waals surface area contributed by atoms with Crippen LogP contribution in [0.25, 0.3) is 0 Å². The van der Waals surface area contributed by atoms with Crippen LogP contribution in [0, 0.1) is 0 Å². The number of aliphatic hydroxyl groups excluding tert-OH is 11. The quantitative estimate of drug-likeness (QED) is 0.0199. The Labute approximate surface area is 630 Å². The molecule has 3 heterocycles. The molecule has 3 saturated heterocycles. The fourth-order valence-corrected chi connectivity index (χ4v) is 14.2. The van der Waals surface area contributed by atoms with Crippen LogP contribution in [0.4, 0.5) is 0 Å². The van der Waals surface area contributed by atoms with E-state index in [4.69, 9.17) is 28.4 Å². The van der Waals surface area contributed by atoms with Gasteiger partial charge in [0.2, 0.25) is 5.91 Å². The van der Waals surface area contributed by atoms with Gasteiger partial charge in [0.15, 0.2) is 18.9 Å². The molecular formula is C85H155NO18. The van der Waals surface area contributed by atoms with Crippen molar-refractivity contribution in [3.8, 4) is 0 Å². The van der Waals surface area contributed by atoms with Gasteiger partial charge in [-0.05, 0) is 77.0 Å². The first-order valence-corrected chi connectivity index (χ1v) is 42.5. The molecule has 0 aromatic rings. The van der Waals surface area contributed by atoms with Crippen LogP contribution in [0.15, 0.2) is 60.8 Å². The summed E-state index contributed by atoms with van der Waals surface area (Å²) in [5.74, 6) is -0.285. The molecule has 0 aromatic heterocycles. The highest BCUT2D eigenvalue weighted by molar-refractivity contribution is 5.76. The monoisotopic (exact) mass is 1480 g/mol. The second-order valence-electron chi connectivity index (χ2n) is 30.3. The molecule has 1 amide bonds. The second-order valence-corrected chi connectivity index (χ2v) is 30.3. The van der Waals surface area contributed by atoms with Crippen LogP contribution in [-0.2, 0) is 33.2 Å². The molecule has 17 atom stereocenters. The summed E-state index contributed by atoms with van der Waals surface area (Å²) in [5.41, 5.74) is 0. The van der Waals surface area contributed by atoms with E-state index in [1.54, 1.807) is 6.08 Å². The van der Waals surface area contributed by atoms with Crippen molar-refractivity contribution < 1.29 is 89.4 Å². The highest BCUT2D eigenvalue weighted by Crippen LogP contribution is 2.33. The Morgan fingerprint density at radius 3 is 1.02 bits per heavy atom. The number of hydrogen-bond acceptors (Lipinski definition) is 18. The standard InChI is InChI=1S/C85H155NO18/c1-3-5-7-9-11-13-15-17-19-21-23-25-27-29-31-33-35-36-38-40-42-44-46-48-50-52-54-56-58-60-62-69(90)68(86-73(91)63-61-59-57-55-53-51-49-47-45-43-41-39-37-34-32-30-28-26-24-22-20-18-16-14-12-10-8-6-4-2)67-99-83-79(97)76(94)81(71(65-88)101-83)104-85-80(98)77(95)82(72(66-89)102-85)103-84-78(96)75(93)74(92)70(64-87)100-84/h16,18,22,24,44,46,52,54,60,62,68-72,74-85,87-90,92-98H,3-15,17,19-21,23,25-43,45,47-51,53,55-59,61,63-67H2,1-2H3,(H,86,91)/b18-16-,24-22-,46-44+,54-52+,62-60+. The lowest BCUT2D eigenvalue weighted by Gasteiger charge is -2.48. The predicted octanol–water partition coefficient (Wildman–Crippen LogP) is 15.0. The molecule has 3 aliphatic rings. The number of rotatable bonds is 68. The first-order chi connectivity index (χ1) is 50.8. The van der Waals surface area contributed by atoms with E-state index in [2.05, 4.69) is 67.8 Å². The van der Waals surface area contributed by atoms with Crippen molar-refractivity contribution in [1.82, 2.24) is 5.32 Å².